The smallest absolute Gasteiger partial charge is 0.0219 e. The maximum Gasteiger partial charge on any atom is 0.0219 e. The van der Waals surface area contributed by atoms with Crippen molar-refractivity contribution in [2.75, 3.05) is 0 Å². The van der Waals surface area contributed by atoms with Gasteiger partial charge in [0.2, 0.25) is 0 Å². The third-order valence-electron chi connectivity index (χ3n) is 2.41. The van der Waals surface area contributed by atoms with E-state index < -0.39 is 0 Å². The van der Waals surface area contributed by atoms with Crippen molar-refractivity contribution >= 4 is 25.2 Å². The van der Waals surface area contributed by atoms with Gasteiger partial charge in [0.1, 0.15) is 0 Å². The first-order chi connectivity index (χ1) is 5.36. The summed E-state index contributed by atoms with van der Waals surface area (Å²) in [6.07, 6.45) is 5.72. The Morgan fingerprint density at radius 1 is 1.27 bits per heavy atom. The predicted molar refractivity (Wildman–Crippen MR) is 54.9 cm³/mol. The van der Waals surface area contributed by atoms with Crippen molar-refractivity contribution in [3.05, 3.63) is 17.0 Å². The third kappa shape index (κ3) is 1.65. The van der Waals surface area contributed by atoms with Gasteiger partial charge in [0, 0.05) is 9.50 Å². The van der Waals surface area contributed by atoms with Gasteiger partial charge in [-0.3, -0.25) is 0 Å². The van der Waals surface area contributed by atoms with E-state index in [0.29, 0.717) is 0 Å². The van der Waals surface area contributed by atoms with Crippen LogP contribution in [-0.4, -0.2) is 0 Å². The molecule has 1 saturated carbocycles. The Morgan fingerprint density at radius 3 is 2.55 bits per heavy atom. The minimum Gasteiger partial charge on any atom is -0.141 e. The SMILES string of the molecule is Pc1ccc(C2CCCC2)s1. The minimum atomic E-state index is 0.897. The number of thiophene rings is 1. The Labute approximate surface area is 74.2 Å². The molecule has 0 spiro atoms. The average molecular weight is 184 g/mol. The molecule has 0 nitrogen and oxygen atoms in total. The van der Waals surface area contributed by atoms with Gasteiger partial charge in [-0.1, -0.05) is 22.1 Å². The molecular weight excluding hydrogens is 171 g/mol. The summed E-state index contributed by atoms with van der Waals surface area (Å²) in [7, 11) is 2.78. The van der Waals surface area contributed by atoms with E-state index in [0.717, 1.165) is 5.92 Å². The summed E-state index contributed by atoms with van der Waals surface area (Å²) in [4.78, 5) is 1.60. The highest BCUT2D eigenvalue weighted by atomic mass is 32.1. The van der Waals surface area contributed by atoms with Gasteiger partial charge in [0.25, 0.3) is 0 Å². The normalized spacial score (nSPS) is 19.4. The van der Waals surface area contributed by atoms with Crippen molar-refractivity contribution in [2.24, 2.45) is 0 Å². The molecule has 2 heteroatoms. The van der Waals surface area contributed by atoms with Crippen LogP contribution in [0.5, 0.6) is 0 Å². The molecule has 1 fully saturated rings. The molecule has 1 aliphatic carbocycles. The molecule has 0 aromatic carbocycles. The van der Waals surface area contributed by atoms with Crippen molar-refractivity contribution in [2.45, 2.75) is 31.6 Å². The van der Waals surface area contributed by atoms with E-state index in [1.165, 1.54) is 30.3 Å². The molecule has 1 aromatic heterocycles. The van der Waals surface area contributed by atoms with Crippen LogP contribution >= 0.6 is 20.6 Å². The summed E-state index contributed by atoms with van der Waals surface area (Å²) in [5.74, 6) is 0.897. The van der Waals surface area contributed by atoms with E-state index in [1.54, 1.807) is 4.88 Å². The molecule has 1 heterocycles. The molecule has 0 aliphatic heterocycles. The highest BCUT2D eigenvalue weighted by Gasteiger charge is 2.17. The second-order valence-corrected chi connectivity index (χ2v) is 5.41. The van der Waals surface area contributed by atoms with Gasteiger partial charge in [-0.15, -0.1) is 11.3 Å². The van der Waals surface area contributed by atoms with Gasteiger partial charge in [-0.25, -0.2) is 0 Å². The predicted octanol–water partition coefficient (Wildman–Crippen LogP) is 2.91. The van der Waals surface area contributed by atoms with Crippen LogP contribution in [0.1, 0.15) is 36.5 Å². The van der Waals surface area contributed by atoms with Crippen molar-refractivity contribution < 1.29 is 0 Å². The fraction of sp³-hybridized carbons (Fsp3) is 0.556. The van der Waals surface area contributed by atoms with Crippen molar-refractivity contribution in [3.63, 3.8) is 0 Å². The fourth-order valence-corrected chi connectivity index (χ4v) is 3.25. The van der Waals surface area contributed by atoms with Crippen LogP contribution in [0.3, 0.4) is 0 Å². The zero-order valence-corrected chi connectivity index (χ0v) is 8.52. The summed E-state index contributed by atoms with van der Waals surface area (Å²) in [5, 5.41) is 0. The van der Waals surface area contributed by atoms with Crippen LogP contribution in [0.15, 0.2) is 12.1 Å². The standard InChI is InChI=1S/C9H13PS/c10-9-6-5-8(11-9)7-3-1-2-4-7/h5-7H,1-4,10H2. The van der Waals surface area contributed by atoms with Gasteiger partial charge in [-0.2, -0.15) is 0 Å². The molecule has 1 unspecified atom stereocenters. The number of hydrogen-bond acceptors (Lipinski definition) is 1. The van der Waals surface area contributed by atoms with Gasteiger partial charge in [0.05, 0.1) is 0 Å². The fourth-order valence-electron chi connectivity index (χ4n) is 1.80. The quantitative estimate of drug-likeness (QED) is 0.589. The van der Waals surface area contributed by atoms with Gasteiger partial charge in [0.15, 0.2) is 0 Å². The second-order valence-electron chi connectivity index (χ2n) is 3.22. The number of hydrogen-bond donors (Lipinski definition) is 0. The van der Waals surface area contributed by atoms with E-state index in [2.05, 4.69) is 21.4 Å². The lowest BCUT2D eigenvalue weighted by Gasteiger charge is -2.03. The van der Waals surface area contributed by atoms with Gasteiger partial charge < -0.3 is 0 Å². The summed E-state index contributed by atoms with van der Waals surface area (Å²) in [5.41, 5.74) is 0. The maximum absolute atomic E-state index is 2.78. The molecule has 2 rings (SSSR count). The highest BCUT2D eigenvalue weighted by molar-refractivity contribution is 7.43. The summed E-state index contributed by atoms with van der Waals surface area (Å²) in [6.45, 7) is 0. The van der Waals surface area contributed by atoms with Crippen molar-refractivity contribution in [3.8, 4) is 0 Å². The summed E-state index contributed by atoms with van der Waals surface area (Å²) >= 11 is 1.95. The monoisotopic (exact) mass is 184 g/mol. The van der Waals surface area contributed by atoms with E-state index in [1.807, 2.05) is 11.3 Å². The van der Waals surface area contributed by atoms with Crippen molar-refractivity contribution in [1.29, 1.82) is 0 Å². The highest BCUT2D eigenvalue weighted by Crippen LogP contribution is 2.35. The van der Waals surface area contributed by atoms with Crippen molar-refractivity contribution in [1.82, 2.24) is 0 Å². The maximum atomic E-state index is 2.78. The lowest BCUT2D eigenvalue weighted by atomic mass is 10.1. The summed E-state index contributed by atoms with van der Waals surface area (Å²) < 4.78 is 1.38. The van der Waals surface area contributed by atoms with Crippen LogP contribution < -0.4 is 4.62 Å². The molecule has 60 valence electrons. The minimum absolute atomic E-state index is 0.897. The van der Waals surface area contributed by atoms with Gasteiger partial charge in [-0.05, 0) is 30.9 Å². The van der Waals surface area contributed by atoms with E-state index in [9.17, 15) is 0 Å². The van der Waals surface area contributed by atoms with E-state index >= 15 is 0 Å². The Bertz CT molecular complexity index is 235. The first-order valence-electron chi connectivity index (χ1n) is 4.21. The third-order valence-corrected chi connectivity index (χ3v) is 4.03. The molecule has 11 heavy (non-hydrogen) atoms. The summed E-state index contributed by atoms with van der Waals surface area (Å²) in [6, 6.07) is 4.51. The molecule has 0 amide bonds. The van der Waals surface area contributed by atoms with Crippen LogP contribution in [0, 0.1) is 0 Å². The molecule has 1 aromatic rings. The molecule has 1 aliphatic rings. The zero-order chi connectivity index (χ0) is 7.68. The van der Waals surface area contributed by atoms with Crippen LogP contribution in [0.25, 0.3) is 0 Å². The second kappa shape index (κ2) is 3.25. The van der Waals surface area contributed by atoms with E-state index in [-0.39, 0.29) is 0 Å². The van der Waals surface area contributed by atoms with Crippen LogP contribution in [-0.2, 0) is 0 Å². The largest absolute Gasteiger partial charge is 0.141 e. The average Bonchev–Trinajstić information content (AvgIpc) is 2.55. The lowest BCUT2D eigenvalue weighted by molar-refractivity contribution is 0.738. The number of rotatable bonds is 1. The Hall–Kier alpha value is 0.130. The topological polar surface area (TPSA) is 0 Å². The molecule has 0 radical (unpaired) electrons. The molecule has 0 saturated heterocycles. The van der Waals surface area contributed by atoms with Gasteiger partial charge >= 0.3 is 0 Å². The van der Waals surface area contributed by atoms with E-state index in [4.69, 9.17) is 0 Å². The van der Waals surface area contributed by atoms with Crippen LogP contribution in [0.2, 0.25) is 0 Å². The first kappa shape index (κ1) is 7.76. The first-order valence-corrected chi connectivity index (χ1v) is 5.61. The molecular formula is C9H13PS. The lowest BCUT2D eigenvalue weighted by Crippen LogP contribution is -1.86. The Kier molecular flexibility index (Phi) is 2.29. The Balaban J connectivity index is 2.15. The molecule has 0 N–H and O–H groups in total. The molecule has 1 atom stereocenters. The molecule has 0 bridgehead atoms. The Morgan fingerprint density at radius 2 is 2.00 bits per heavy atom. The zero-order valence-electron chi connectivity index (χ0n) is 6.55. The van der Waals surface area contributed by atoms with Crippen LogP contribution in [0.4, 0.5) is 0 Å².